The molecule has 3 rings (SSSR count). The molecule has 2 aromatic heterocycles. The van der Waals surface area contributed by atoms with Crippen molar-refractivity contribution in [3.8, 4) is 0 Å². The highest BCUT2D eigenvalue weighted by atomic mass is 16.5. The highest BCUT2D eigenvalue weighted by Gasteiger charge is 2.23. The molecule has 1 atom stereocenters. The molecule has 0 bridgehead atoms. The van der Waals surface area contributed by atoms with Crippen LogP contribution in [0.1, 0.15) is 24.8 Å². The van der Waals surface area contributed by atoms with Crippen LogP contribution >= 0.6 is 0 Å². The van der Waals surface area contributed by atoms with Crippen LogP contribution in [0.15, 0.2) is 18.9 Å². The number of nitrogens with two attached hydrogens (primary N) is 2. The molecule has 1 aliphatic rings. The maximum Gasteiger partial charge on any atom is 0.252 e. The van der Waals surface area contributed by atoms with E-state index in [1.54, 1.807) is 6.33 Å². The molecule has 0 aliphatic carbocycles. The Kier molecular flexibility index (Phi) is 3.07. The summed E-state index contributed by atoms with van der Waals surface area (Å²) in [4.78, 5) is 23.9. The van der Waals surface area contributed by atoms with Gasteiger partial charge < -0.3 is 16.2 Å². The van der Waals surface area contributed by atoms with Crippen LogP contribution in [0.3, 0.4) is 0 Å². The highest BCUT2D eigenvalue weighted by Crippen LogP contribution is 2.27. The van der Waals surface area contributed by atoms with Gasteiger partial charge in [-0.05, 0) is 12.8 Å². The molecular formula is C12H14N6O2. The first-order valence-corrected chi connectivity index (χ1v) is 6.23. The van der Waals surface area contributed by atoms with Crippen LogP contribution < -0.4 is 11.5 Å². The van der Waals surface area contributed by atoms with Crippen LogP contribution in [0, 0.1) is 0 Å². The van der Waals surface area contributed by atoms with E-state index < -0.39 is 5.91 Å². The molecule has 104 valence electrons. The minimum Gasteiger partial charge on any atom is -0.404 e. The molecule has 3 heterocycles. The third kappa shape index (κ3) is 1.90. The number of aromatic nitrogens is 4. The number of fused-ring (bicyclic) bond motifs is 1. The van der Waals surface area contributed by atoms with Crippen molar-refractivity contribution < 1.29 is 9.53 Å². The van der Waals surface area contributed by atoms with Gasteiger partial charge in [-0.25, -0.2) is 15.0 Å². The van der Waals surface area contributed by atoms with Crippen molar-refractivity contribution in [3.05, 3.63) is 24.5 Å². The maximum absolute atomic E-state index is 11.4. The third-order valence-electron chi connectivity index (χ3n) is 3.26. The van der Waals surface area contributed by atoms with Crippen LogP contribution in [0.4, 0.5) is 0 Å². The second kappa shape index (κ2) is 4.89. The standard InChI is InChI=1S/C12H14N6O2/c13-4-7(11(14)19)9-10-12(16-5-15-9)18(6-17-10)8-2-1-3-20-8/h4-6,8H,1-3,13H2,(H2,14,19)/b7-4-. The molecule has 1 saturated heterocycles. The lowest BCUT2D eigenvalue weighted by molar-refractivity contribution is -0.112. The summed E-state index contributed by atoms with van der Waals surface area (Å²) in [6, 6.07) is 0. The molecule has 2 aromatic rings. The second-order valence-corrected chi connectivity index (χ2v) is 4.46. The zero-order chi connectivity index (χ0) is 14.1. The number of rotatable bonds is 3. The fraction of sp³-hybridized carbons (Fsp3) is 0.333. The van der Waals surface area contributed by atoms with Crippen molar-refractivity contribution >= 4 is 22.6 Å². The van der Waals surface area contributed by atoms with Crippen molar-refractivity contribution in [1.29, 1.82) is 0 Å². The Morgan fingerprint density at radius 1 is 1.45 bits per heavy atom. The van der Waals surface area contributed by atoms with Gasteiger partial charge in [0.1, 0.15) is 23.8 Å². The average molecular weight is 274 g/mol. The van der Waals surface area contributed by atoms with Crippen molar-refractivity contribution in [3.63, 3.8) is 0 Å². The zero-order valence-electron chi connectivity index (χ0n) is 10.7. The number of nitrogens with zero attached hydrogens (tertiary/aromatic N) is 4. The first-order valence-electron chi connectivity index (χ1n) is 6.23. The average Bonchev–Trinajstić information content (AvgIpc) is 3.07. The van der Waals surface area contributed by atoms with Gasteiger partial charge in [0.15, 0.2) is 5.65 Å². The van der Waals surface area contributed by atoms with Gasteiger partial charge in [0.25, 0.3) is 5.91 Å². The summed E-state index contributed by atoms with van der Waals surface area (Å²) >= 11 is 0. The number of carbonyl (C=O) groups is 1. The fourth-order valence-electron chi connectivity index (χ4n) is 2.32. The summed E-state index contributed by atoms with van der Waals surface area (Å²) in [7, 11) is 0. The molecular weight excluding hydrogens is 260 g/mol. The van der Waals surface area contributed by atoms with Gasteiger partial charge >= 0.3 is 0 Å². The predicted octanol–water partition coefficient (Wildman–Crippen LogP) is -0.0798. The Morgan fingerprint density at radius 2 is 2.30 bits per heavy atom. The van der Waals surface area contributed by atoms with Gasteiger partial charge in [-0.2, -0.15) is 0 Å². The quantitative estimate of drug-likeness (QED) is 0.755. The molecule has 1 fully saturated rings. The Labute approximate surface area is 114 Å². The summed E-state index contributed by atoms with van der Waals surface area (Å²) in [5.74, 6) is -0.654. The topological polar surface area (TPSA) is 122 Å². The summed E-state index contributed by atoms with van der Waals surface area (Å²) in [6.07, 6.45) is 5.94. The molecule has 0 radical (unpaired) electrons. The maximum atomic E-state index is 11.4. The van der Waals surface area contributed by atoms with E-state index in [0.29, 0.717) is 16.9 Å². The molecule has 0 spiro atoms. The van der Waals surface area contributed by atoms with Crippen molar-refractivity contribution in [2.75, 3.05) is 6.61 Å². The monoisotopic (exact) mass is 274 g/mol. The summed E-state index contributed by atoms with van der Waals surface area (Å²) in [6.45, 7) is 0.720. The molecule has 1 unspecified atom stereocenters. The SMILES string of the molecule is N/C=C(\C(N)=O)c1ncnc2c1ncn2C1CCCO1. The molecule has 8 nitrogen and oxygen atoms in total. The lowest BCUT2D eigenvalue weighted by Crippen LogP contribution is -2.15. The zero-order valence-corrected chi connectivity index (χ0v) is 10.7. The number of hydrogen-bond acceptors (Lipinski definition) is 6. The van der Waals surface area contributed by atoms with E-state index in [2.05, 4.69) is 15.0 Å². The van der Waals surface area contributed by atoms with Crippen molar-refractivity contribution in [1.82, 2.24) is 19.5 Å². The molecule has 0 saturated carbocycles. The normalized spacial score (nSPS) is 19.6. The molecule has 4 N–H and O–H groups in total. The molecule has 20 heavy (non-hydrogen) atoms. The lowest BCUT2D eigenvalue weighted by atomic mass is 10.1. The number of hydrogen-bond donors (Lipinski definition) is 2. The number of imidazole rings is 1. The van der Waals surface area contributed by atoms with E-state index in [4.69, 9.17) is 16.2 Å². The number of amides is 1. The van der Waals surface area contributed by atoms with E-state index in [1.807, 2.05) is 4.57 Å². The highest BCUT2D eigenvalue weighted by molar-refractivity contribution is 6.20. The van der Waals surface area contributed by atoms with Crippen LogP contribution in [-0.2, 0) is 9.53 Å². The van der Waals surface area contributed by atoms with E-state index in [0.717, 1.165) is 25.6 Å². The molecule has 1 amide bonds. The minimum atomic E-state index is -0.654. The Hall–Kier alpha value is -2.48. The number of primary amides is 1. The second-order valence-electron chi connectivity index (χ2n) is 4.46. The summed E-state index contributed by atoms with van der Waals surface area (Å²) < 4.78 is 7.45. The van der Waals surface area contributed by atoms with Crippen LogP contribution in [-0.4, -0.2) is 32.0 Å². The van der Waals surface area contributed by atoms with E-state index >= 15 is 0 Å². The fourth-order valence-corrected chi connectivity index (χ4v) is 2.32. The Balaban J connectivity index is 2.14. The summed E-state index contributed by atoms with van der Waals surface area (Å²) in [5, 5.41) is 0. The number of carbonyl (C=O) groups excluding carboxylic acids is 1. The van der Waals surface area contributed by atoms with Gasteiger partial charge in [0.2, 0.25) is 0 Å². The Bertz CT molecular complexity index is 686. The van der Waals surface area contributed by atoms with Crippen LogP contribution in [0.5, 0.6) is 0 Å². The van der Waals surface area contributed by atoms with Gasteiger partial charge in [0.05, 0.1) is 11.9 Å². The Morgan fingerprint density at radius 3 is 2.95 bits per heavy atom. The first-order chi connectivity index (χ1) is 9.72. The van der Waals surface area contributed by atoms with Crippen molar-refractivity contribution in [2.45, 2.75) is 19.1 Å². The molecule has 0 aromatic carbocycles. The number of ether oxygens (including phenoxy) is 1. The molecule has 8 heteroatoms. The van der Waals surface area contributed by atoms with E-state index in [1.165, 1.54) is 6.33 Å². The summed E-state index contributed by atoms with van der Waals surface area (Å²) in [5.41, 5.74) is 12.3. The smallest absolute Gasteiger partial charge is 0.252 e. The van der Waals surface area contributed by atoms with E-state index in [9.17, 15) is 4.79 Å². The van der Waals surface area contributed by atoms with E-state index in [-0.39, 0.29) is 11.8 Å². The third-order valence-corrected chi connectivity index (χ3v) is 3.26. The van der Waals surface area contributed by atoms with Gasteiger partial charge in [-0.3, -0.25) is 9.36 Å². The van der Waals surface area contributed by atoms with Crippen LogP contribution in [0.2, 0.25) is 0 Å². The van der Waals surface area contributed by atoms with Gasteiger partial charge in [-0.15, -0.1) is 0 Å². The van der Waals surface area contributed by atoms with Gasteiger partial charge in [0, 0.05) is 12.8 Å². The van der Waals surface area contributed by atoms with Gasteiger partial charge in [-0.1, -0.05) is 0 Å². The lowest BCUT2D eigenvalue weighted by Gasteiger charge is -2.11. The predicted molar refractivity (Wildman–Crippen MR) is 70.9 cm³/mol. The molecule has 1 aliphatic heterocycles. The largest absolute Gasteiger partial charge is 0.404 e. The van der Waals surface area contributed by atoms with Crippen molar-refractivity contribution in [2.24, 2.45) is 11.5 Å². The van der Waals surface area contributed by atoms with Crippen LogP contribution in [0.25, 0.3) is 16.7 Å². The first kappa shape index (κ1) is 12.5. The minimum absolute atomic E-state index is 0.0818.